The summed E-state index contributed by atoms with van der Waals surface area (Å²) in [4.78, 5) is 2.09. The third-order valence-corrected chi connectivity index (χ3v) is 3.31. The third kappa shape index (κ3) is 2.59. The van der Waals surface area contributed by atoms with E-state index in [1.165, 1.54) is 24.3 Å². The molecule has 18 heavy (non-hydrogen) atoms. The van der Waals surface area contributed by atoms with E-state index in [4.69, 9.17) is 11.6 Å². The van der Waals surface area contributed by atoms with Crippen molar-refractivity contribution in [2.24, 2.45) is 0 Å². The lowest BCUT2D eigenvalue weighted by Crippen LogP contribution is -2.01. The SMILES string of the molecule is Fc1nc(F)c(F)c(Sc2ccc(Cl)cc2)c1F. The summed E-state index contributed by atoms with van der Waals surface area (Å²) in [7, 11) is 0. The van der Waals surface area contributed by atoms with Crippen LogP contribution in [0, 0.1) is 23.5 Å². The topological polar surface area (TPSA) is 12.9 Å². The zero-order chi connectivity index (χ0) is 13.3. The molecule has 1 nitrogen and oxygen atoms in total. The zero-order valence-electron chi connectivity index (χ0n) is 8.55. The summed E-state index contributed by atoms with van der Waals surface area (Å²) in [5.41, 5.74) is 0. The second-order valence-electron chi connectivity index (χ2n) is 3.21. The van der Waals surface area contributed by atoms with Crippen LogP contribution in [-0.4, -0.2) is 4.98 Å². The second kappa shape index (κ2) is 5.16. The number of pyridine rings is 1. The Kier molecular flexibility index (Phi) is 3.77. The molecule has 7 heteroatoms. The number of aromatic nitrogens is 1. The highest BCUT2D eigenvalue weighted by molar-refractivity contribution is 7.99. The van der Waals surface area contributed by atoms with E-state index in [0.29, 0.717) is 21.7 Å². The average Bonchev–Trinajstić information content (AvgIpc) is 2.34. The van der Waals surface area contributed by atoms with Gasteiger partial charge in [-0.3, -0.25) is 0 Å². The minimum Gasteiger partial charge on any atom is -0.201 e. The van der Waals surface area contributed by atoms with Crippen molar-refractivity contribution in [3.8, 4) is 0 Å². The van der Waals surface area contributed by atoms with Crippen molar-refractivity contribution in [1.82, 2.24) is 4.98 Å². The molecule has 1 aromatic heterocycles. The van der Waals surface area contributed by atoms with Gasteiger partial charge in [-0.2, -0.15) is 13.8 Å². The molecular weight excluding hydrogens is 290 g/mol. The number of hydrogen-bond acceptors (Lipinski definition) is 2. The van der Waals surface area contributed by atoms with Crippen molar-refractivity contribution in [3.05, 3.63) is 52.8 Å². The zero-order valence-corrected chi connectivity index (χ0v) is 10.1. The fourth-order valence-electron chi connectivity index (χ4n) is 1.18. The van der Waals surface area contributed by atoms with E-state index >= 15 is 0 Å². The Balaban J connectivity index is 2.42. The molecule has 0 amide bonds. The Labute approximate surface area is 109 Å². The summed E-state index contributed by atoms with van der Waals surface area (Å²) in [6.45, 7) is 0. The molecule has 0 fully saturated rings. The van der Waals surface area contributed by atoms with E-state index < -0.39 is 28.4 Å². The van der Waals surface area contributed by atoms with E-state index in [0.717, 1.165) is 0 Å². The molecule has 0 aliphatic heterocycles. The second-order valence-corrected chi connectivity index (χ2v) is 4.73. The Morgan fingerprint density at radius 1 is 0.889 bits per heavy atom. The predicted octanol–water partition coefficient (Wildman–Crippen LogP) is 4.44. The Hall–Kier alpha value is -1.27. The Morgan fingerprint density at radius 2 is 1.39 bits per heavy atom. The number of halogens is 5. The highest BCUT2D eigenvalue weighted by Gasteiger charge is 2.21. The minimum atomic E-state index is -1.68. The van der Waals surface area contributed by atoms with Crippen molar-refractivity contribution >= 4 is 23.4 Å². The number of nitrogens with zero attached hydrogens (tertiary/aromatic N) is 1. The first-order valence-corrected chi connectivity index (χ1v) is 5.82. The van der Waals surface area contributed by atoms with Gasteiger partial charge in [0.2, 0.25) is 0 Å². The maximum Gasteiger partial charge on any atom is 0.252 e. The van der Waals surface area contributed by atoms with Crippen molar-refractivity contribution in [3.63, 3.8) is 0 Å². The minimum absolute atomic E-state index is 0.391. The molecule has 0 spiro atoms. The van der Waals surface area contributed by atoms with Crippen molar-refractivity contribution in [2.75, 3.05) is 0 Å². The first kappa shape index (κ1) is 13.2. The normalized spacial score (nSPS) is 10.7. The fourth-order valence-corrected chi connectivity index (χ4v) is 2.16. The van der Waals surface area contributed by atoms with Gasteiger partial charge in [0.15, 0.2) is 11.6 Å². The highest BCUT2D eigenvalue weighted by Crippen LogP contribution is 2.33. The molecule has 1 heterocycles. The molecule has 0 N–H and O–H groups in total. The lowest BCUT2D eigenvalue weighted by molar-refractivity contribution is 0.383. The monoisotopic (exact) mass is 293 g/mol. The van der Waals surface area contributed by atoms with Crippen LogP contribution in [0.25, 0.3) is 0 Å². The first-order valence-electron chi connectivity index (χ1n) is 4.62. The summed E-state index contributed by atoms with van der Waals surface area (Å²) in [5, 5.41) is 0.437. The summed E-state index contributed by atoms with van der Waals surface area (Å²) < 4.78 is 52.4. The van der Waals surface area contributed by atoms with Gasteiger partial charge in [-0.15, -0.1) is 0 Å². The van der Waals surface area contributed by atoms with Gasteiger partial charge in [0.05, 0.1) is 4.90 Å². The number of hydrogen-bond donors (Lipinski definition) is 0. The van der Waals surface area contributed by atoms with Crippen LogP contribution in [-0.2, 0) is 0 Å². The average molecular weight is 294 g/mol. The van der Waals surface area contributed by atoms with Crippen molar-refractivity contribution in [1.29, 1.82) is 0 Å². The number of rotatable bonds is 2. The maximum atomic E-state index is 13.3. The Morgan fingerprint density at radius 3 is 1.89 bits per heavy atom. The molecule has 1 aromatic carbocycles. The van der Waals surface area contributed by atoms with Gasteiger partial charge in [0, 0.05) is 9.92 Å². The predicted molar refractivity (Wildman–Crippen MR) is 59.6 cm³/mol. The lowest BCUT2D eigenvalue weighted by atomic mass is 10.4. The molecule has 2 rings (SSSR count). The molecule has 94 valence electrons. The van der Waals surface area contributed by atoms with E-state index in [-0.39, 0.29) is 0 Å². The van der Waals surface area contributed by atoms with Crippen LogP contribution in [0.15, 0.2) is 34.1 Å². The van der Waals surface area contributed by atoms with Gasteiger partial charge in [-0.25, -0.2) is 8.78 Å². The molecule has 0 bridgehead atoms. The highest BCUT2D eigenvalue weighted by atomic mass is 35.5. The van der Waals surface area contributed by atoms with Crippen LogP contribution in [0.5, 0.6) is 0 Å². The van der Waals surface area contributed by atoms with Crippen LogP contribution in [0.3, 0.4) is 0 Å². The van der Waals surface area contributed by atoms with Crippen LogP contribution < -0.4 is 0 Å². The summed E-state index contributed by atoms with van der Waals surface area (Å²) in [6.07, 6.45) is 0. The standard InChI is InChI=1S/C11H4ClF4NS/c12-5-1-3-6(4-2-5)18-9-7(13)10(15)17-11(16)8(9)14/h1-4H. The largest absolute Gasteiger partial charge is 0.252 e. The van der Waals surface area contributed by atoms with E-state index in [1.807, 2.05) is 0 Å². The van der Waals surface area contributed by atoms with Crippen molar-refractivity contribution in [2.45, 2.75) is 9.79 Å². The first-order chi connectivity index (χ1) is 8.49. The smallest absolute Gasteiger partial charge is 0.201 e. The van der Waals surface area contributed by atoms with Gasteiger partial charge < -0.3 is 0 Å². The molecule has 0 aliphatic carbocycles. The molecule has 0 atom stereocenters. The van der Waals surface area contributed by atoms with Gasteiger partial charge in [0.25, 0.3) is 11.9 Å². The van der Waals surface area contributed by atoms with Gasteiger partial charge in [0.1, 0.15) is 0 Å². The van der Waals surface area contributed by atoms with Gasteiger partial charge in [-0.1, -0.05) is 23.4 Å². The van der Waals surface area contributed by atoms with Crippen LogP contribution >= 0.6 is 23.4 Å². The molecule has 2 aromatic rings. The third-order valence-electron chi connectivity index (χ3n) is 1.99. The molecule has 0 radical (unpaired) electrons. The van der Waals surface area contributed by atoms with Crippen LogP contribution in [0.4, 0.5) is 17.6 Å². The molecular formula is C11H4ClF4NS. The van der Waals surface area contributed by atoms with E-state index in [2.05, 4.69) is 4.98 Å². The molecule has 0 saturated carbocycles. The van der Waals surface area contributed by atoms with Crippen LogP contribution in [0.2, 0.25) is 5.02 Å². The molecule has 0 saturated heterocycles. The summed E-state index contributed by atoms with van der Waals surface area (Å²) in [5.74, 6) is -6.39. The van der Waals surface area contributed by atoms with Crippen molar-refractivity contribution < 1.29 is 17.6 Å². The van der Waals surface area contributed by atoms with E-state index in [9.17, 15) is 17.6 Å². The Bertz CT molecular complexity index is 562. The molecule has 0 aliphatic rings. The summed E-state index contributed by atoms with van der Waals surface area (Å²) >= 11 is 6.19. The maximum absolute atomic E-state index is 13.3. The van der Waals surface area contributed by atoms with E-state index in [1.54, 1.807) is 0 Å². The lowest BCUT2D eigenvalue weighted by Gasteiger charge is -2.05. The van der Waals surface area contributed by atoms with Crippen LogP contribution in [0.1, 0.15) is 0 Å². The fraction of sp³-hybridized carbons (Fsp3) is 0. The quantitative estimate of drug-likeness (QED) is 0.599. The molecule has 0 unspecified atom stereocenters. The van der Waals surface area contributed by atoms with Gasteiger partial charge >= 0.3 is 0 Å². The van der Waals surface area contributed by atoms with Gasteiger partial charge in [-0.05, 0) is 24.3 Å². The summed E-state index contributed by atoms with van der Waals surface area (Å²) in [6, 6.07) is 5.94. The number of benzene rings is 1.